The number of hydrogen-bond donors (Lipinski definition) is 0. The average molecular weight is 431 g/mol. The molecule has 0 N–H and O–H groups in total. The van der Waals surface area contributed by atoms with Crippen LogP contribution in [0.15, 0.2) is 59.7 Å². The Bertz CT molecular complexity index is 1320. The molecule has 5 rings (SSSR count). The predicted molar refractivity (Wildman–Crippen MR) is 125 cm³/mol. The zero-order chi connectivity index (χ0) is 22.1. The highest BCUT2D eigenvalue weighted by atomic mass is 16.2. The van der Waals surface area contributed by atoms with Gasteiger partial charge in [-0.2, -0.15) is 5.10 Å². The lowest BCUT2D eigenvalue weighted by molar-refractivity contribution is -0.131. The van der Waals surface area contributed by atoms with Gasteiger partial charge in [0.25, 0.3) is 5.56 Å². The van der Waals surface area contributed by atoms with Crippen LogP contribution in [0.4, 0.5) is 5.82 Å². The quantitative estimate of drug-likeness (QED) is 0.486. The van der Waals surface area contributed by atoms with Crippen molar-refractivity contribution in [2.24, 2.45) is 7.05 Å². The third-order valence-corrected chi connectivity index (χ3v) is 6.24. The zero-order valence-electron chi connectivity index (χ0n) is 18.1. The Morgan fingerprint density at radius 3 is 2.56 bits per heavy atom. The van der Waals surface area contributed by atoms with Gasteiger partial charge in [0.05, 0.1) is 6.20 Å². The fourth-order valence-electron chi connectivity index (χ4n) is 4.55. The number of pyridine rings is 1. The van der Waals surface area contributed by atoms with Crippen molar-refractivity contribution in [1.29, 1.82) is 0 Å². The molecule has 1 aliphatic heterocycles. The lowest BCUT2D eigenvalue weighted by Crippen LogP contribution is -2.49. The molecule has 3 aromatic heterocycles. The molecule has 0 aliphatic carbocycles. The molecule has 32 heavy (non-hydrogen) atoms. The van der Waals surface area contributed by atoms with Crippen LogP contribution in [0.3, 0.4) is 0 Å². The van der Waals surface area contributed by atoms with Crippen LogP contribution >= 0.6 is 0 Å². The van der Waals surface area contributed by atoms with Crippen LogP contribution in [-0.2, 0) is 18.4 Å². The number of benzene rings is 1. The zero-order valence-corrected chi connectivity index (χ0v) is 18.1. The standard InChI is InChI=1S/C24H26N6O2/c1-27-24(32)23-19(17-26-27)18-7-2-3-8-20(18)30(23)12-6-10-22(31)29-15-13-28(14-16-29)21-9-4-5-11-25-21/h2-5,7-9,11,17H,6,10,12-16H2,1H3. The van der Waals surface area contributed by atoms with Crippen LogP contribution in [0.2, 0.25) is 0 Å². The molecular formula is C24H26N6O2. The first-order valence-corrected chi connectivity index (χ1v) is 11.0. The minimum absolute atomic E-state index is 0.115. The van der Waals surface area contributed by atoms with Gasteiger partial charge in [0.2, 0.25) is 5.91 Å². The number of carbonyl (C=O) groups is 1. The van der Waals surface area contributed by atoms with Gasteiger partial charge in [0.1, 0.15) is 11.3 Å². The van der Waals surface area contributed by atoms with Gasteiger partial charge in [-0.25, -0.2) is 9.67 Å². The van der Waals surface area contributed by atoms with Gasteiger partial charge >= 0.3 is 0 Å². The molecule has 0 atom stereocenters. The van der Waals surface area contributed by atoms with E-state index in [-0.39, 0.29) is 11.5 Å². The Kier molecular flexibility index (Phi) is 5.34. The summed E-state index contributed by atoms with van der Waals surface area (Å²) >= 11 is 0. The lowest BCUT2D eigenvalue weighted by Gasteiger charge is -2.35. The number of rotatable bonds is 5. The van der Waals surface area contributed by atoms with Gasteiger partial charge in [0.15, 0.2) is 0 Å². The summed E-state index contributed by atoms with van der Waals surface area (Å²) in [5.74, 6) is 1.13. The van der Waals surface area contributed by atoms with Crippen molar-refractivity contribution in [2.75, 3.05) is 31.1 Å². The van der Waals surface area contributed by atoms with Gasteiger partial charge in [-0.1, -0.05) is 24.3 Å². The van der Waals surface area contributed by atoms with E-state index in [4.69, 9.17) is 0 Å². The summed E-state index contributed by atoms with van der Waals surface area (Å²) in [7, 11) is 1.66. The maximum Gasteiger partial charge on any atom is 0.291 e. The number of para-hydroxylation sites is 1. The molecule has 8 nitrogen and oxygen atoms in total. The van der Waals surface area contributed by atoms with Crippen molar-refractivity contribution in [3.8, 4) is 0 Å². The summed E-state index contributed by atoms with van der Waals surface area (Å²) in [6, 6.07) is 13.9. The smallest absolute Gasteiger partial charge is 0.291 e. The van der Waals surface area contributed by atoms with Gasteiger partial charge < -0.3 is 14.4 Å². The average Bonchev–Trinajstić information content (AvgIpc) is 3.16. The monoisotopic (exact) mass is 430 g/mol. The molecule has 1 aliphatic rings. The number of hydrogen-bond acceptors (Lipinski definition) is 5. The Morgan fingerprint density at radius 1 is 1.00 bits per heavy atom. The van der Waals surface area contributed by atoms with Crippen molar-refractivity contribution in [1.82, 2.24) is 24.2 Å². The van der Waals surface area contributed by atoms with Gasteiger partial charge in [-0.15, -0.1) is 0 Å². The van der Waals surface area contributed by atoms with Crippen molar-refractivity contribution in [2.45, 2.75) is 19.4 Å². The van der Waals surface area contributed by atoms with E-state index in [0.717, 1.165) is 35.2 Å². The van der Waals surface area contributed by atoms with Crippen LogP contribution in [0, 0.1) is 0 Å². The minimum atomic E-state index is -0.115. The van der Waals surface area contributed by atoms with Crippen LogP contribution in [0.5, 0.6) is 0 Å². The highest BCUT2D eigenvalue weighted by Gasteiger charge is 2.22. The van der Waals surface area contributed by atoms with Crippen LogP contribution < -0.4 is 10.5 Å². The number of nitrogens with zero attached hydrogens (tertiary/aromatic N) is 6. The molecule has 1 fully saturated rings. The predicted octanol–water partition coefficient (Wildman–Crippen LogP) is 2.41. The Hall–Kier alpha value is -3.68. The third kappa shape index (κ3) is 3.62. The van der Waals surface area contributed by atoms with Crippen molar-refractivity contribution in [3.63, 3.8) is 0 Å². The van der Waals surface area contributed by atoms with Gasteiger partial charge in [0, 0.05) is 68.7 Å². The number of anilines is 1. The topological polar surface area (TPSA) is 76.3 Å². The Balaban J connectivity index is 1.26. The second-order valence-corrected chi connectivity index (χ2v) is 8.16. The molecule has 0 radical (unpaired) electrons. The molecular weight excluding hydrogens is 404 g/mol. The molecule has 0 saturated carbocycles. The molecule has 8 heteroatoms. The minimum Gasteiger partial charge on any atom is -0.353 e. The molecule has 0 spiro atoms. The normalized spacial score (nSPS) is 14.4. The highest BCUT2D eigenvalue weighted by Crippen LogP contribution is 2.26. The van der Waals surface area contributed by atoms with E-state index in [2.05, 4.69) is 15.0 Å². The second-order valence-electron chi connectivity index (χ2n) is 8.16. The van der Waals surface area contributed by atoms with E-state index in [1.807, 2.05) is 51.9 Å². The molecule has 1 amide bonds. The van der Waals surface area contributed by atoms with E-state index in [1.165, 1.54) is 4.68 Å². The number of aryl methyl sites for hydroxylation is 2. The van der Waals surface area contributed by atoms with Gasteiger partial charge in [-0.05, 0) is 24.6 Å². The maximum atomic E-state index is 12.8. The Morgan fingerprint density at radius 2 is 1.78 bits per heavy atom. The number of aromatic nitrogens is 4. The summed E-state index contributed by atoms with van der Waals surface area (Å²) in [5, 5.41) is 6.07. The summed E-state index contributed by atoms with van der Waals surface area (Å²) in [6.07, 6.45) is 4.69. The van der Waals surface area contributed by atoms with E-state index in [0.29, 0.717) is 38.0 Å². The van der Waals surface area contributed by atoms with E-state index >= 15 is 0 Å². The number of amides is 1. The third-order valence-electron chi connectivity index (χ3n) is 6.24. The van der Waals surface area contributed by atoms with Crippen LogP contribution in [-0.4, -0.2) is 56.3 Å². The van der Waals surface area contributed by atoms with E-state index < -0.39 is 0 Å². The molecule has 0 bridgehead atoms. The van der Waals surface area contributed by atoms with Crippen molar-refractivity contribution >= 4 is 33.5 Å². The first-order chi connectivity index (χ1) is 15.6. The lowest BCUT2D eigenvalue weighted by atomic mass is 10.2. The first-order valence-electron chi connectivity index (χ1n) is 11.0. The fraction of sp³-hybridized carbons (Fsp3) is 0.333. The molecule has 4 aromatic rings. The molecule has 4 heterocycles. The molecule has 1 aromatic carbocycles. The first kappa shape index (κ1) is 20.2. The number of piperazine rings is 1. The fourth-order valence-corrected chi connectivity index (χ4v) is 4.55. The summed E-state index contributed by atoms with van der Waals surface area (Å²) in [6.45, 7) is 3.61. The van der Waals surface area contributed by atoms with E-state index in [1.54, 1.807) is 19.4 Å². The second kappa shape index (κ2) is 8.45. The summed E-state index contributed by atoms with van der Waals surface area (Å²) < 4.78 is 3.41. The molecule has 1 saturated heterocycles. The van der Waals surface area contributed by atoms with Crippen molar-refractivity contribution in [3.05, 3.63) is 65.2 Å². The largest absolute Gasteiger partial charge is 0.353 e. The molecule has 0 unspecified atom stereocenters. The summed E-state index contributed by atoms with van der Waals surface area (Å²) in [5.41, 5.74) is 1.54. The molecule has 164 valence electrons. The van der Waals surface area contributed by atoms with Crippen LogP contribution in [0.1, 0.15) is 12.8 Å². The summed E-state index contributed by atoms with van der Waals surface area (Å²) in [4.78, 5) is 34.2. The van der Waals surface area contributed by atoms with Crippen molar-refractivity contribution < 1.29 is 4.79 Å². The Labute approximate surface area is 185 Å². The number of carbonyl (C=O) groups excluding carboxylic acids is 1. The maximum absolute atomic E-state index is 12.8. The highest BCUT2D eigenvalue weighted by molar-refractivity contribution is 6.07. The SMILES string of the molecule is Cn1ncc2c3ccccc3n(CCCC(=O)N3CCN(c4ccccn4)CC3)c2c1=O. The van der Waals surface area contributed by atoms with E-state index in [9.17, 15) is 9.59 Å². The van der Waals surface area contributed by atoms with Gasteiger partial charge in [-0.3, -0.25) is 9.59 Å². The number of fused-ring (bicyclic) bond motifs is 3. The van der Waals surface area contributed by atoms with Crippen LogP contribution in [0.25, 0.3) is 21.8 Å².